The second kappa shape index (κ2) is 8.38. The van der Waals surface area contributed by atoms with Crippen molar-refractivity contribution in [2.24, 2.45) is 0 Å². The van der Waals surface area contributed by atoms with E-state index < -0.39 is 0 Å². The number of methoxy groups -OCH3 is 2. The van der Waals surface area contributed by atoms with Crippen LogP contribution in [0.15, 0.2) is 60.0 Å². The van der Waals surface area contributed by atoms with Crippen LogP contribution in [0.25, 0.3) is 16.4 Å². The van der Waals surface area contributed by atoms with Crippen LogP contribution in [0.3, 0.4) is 0 Å². The molecule has 0 aliphatic rings. The van der Waals surface area contributed by atoms with Crippen LogP contribution in [0.2, 0.25) is 0 Å². The lowest BCUT2D eigenvalue weighted by atomic mass is 10.2. The molecule has 0 aliphatic carbocycles. The van der Waals surface area contributed by atoms with Crippen LogP contribution < -0.4 is 14.8 Å². The van der Waals surface area contributed by atoms with E-state index in [0.717, 1.165) is 22.7 Å². The fourth-order valence-electron chi connectivity index (χ4n) is 3.03. The van der Waals surface area contributed by atoms with Gasteiger partial charge in [0.1, 0.15) is 17.3 Å². The standard InChI is InChI=1S/C22H20N4O3S/c1-14-11-20(24-21(27)17-9-4-5-10-19(17)29-3)26(25-14)22-23-18(13-30-22)15-7-6-8-16(12-15)28-2/h4-13H,1-3H3,(H,24,27). The van der Waals surface area contributed by atoms with E-state index in [1.807, 2.05) is 42.6 Å². The molecule has 0 fully saturated rings. The Bertz CT molecular complexity index is 1200. The van der Waals surface area contributed by atoms with Crippen LogP contribution in [0, 0.1) is 6.92 Å². The van der Waals surface area contributed by atoms with E-state index in [0.29, 0.717) is 22.3 Å². The third-order valence-electron chi connectivity index (χ3n) is 4.46. The van der Waals surface area contributed by atoms with Gasteiger partial charge in [-0.15, -0.1) is 11.3 Å². The Kier molecular flexibility index (Phi) is 5.49. The van der Waals surface area contributed by atoms with Crippen molar-refractivity contribution >= 4 is 23.1 Å². The highest BCUT2D eigenvalue weighted by molar-refractivity contribution is 7.12. The van der Waals surface area contributed by atoms with Crippen LogP contribution in [0.4, 0.5) is 5.82 Å². The smallest absolute Gasteiger partial charge is 0.260 e. The van der Waals surface area contributed by atoms with E-state index in [1.54, 1.807) is 36.1 Å². The molecule has 0 radical (unpaired) electrons. The van der Waals surface area contributed by atoms with Gasteiger partial charge in [-0.3, -0.25) is 4.79 Å². The lowest BCUT2D eigenvalue weighted by Gasteiger charge is -2.09. The summed E-state index contributed by atoms with van der Waals surface area (Å²) >= 11 is 1.44. The number of hydrogen-bond acceptors (Lipinski definition) is 6. The van der Waals surface area contributed by atoms with Crippen LogP contribution in [-0.2, 0) is 0 Å². The molecule has 0 unspecified atom stereocenters. The Morgan fingerprint density at radius 2 is 1.90 bits per heavy atom. The molecule has 8 heteroatoms. The Hall–Kier alpha value is -3.65. The first kappa shape index (κ1) is 19.7. The fourth-order valence-corrected chi connectivity index (χ4v) is 3.82. The van der Waals surface area contributed by atoms with Crippen molar-refractivity contribution in [3.8, 4) is 27.9 Å². The Labute approximate surface area is 177 Å². The average Bonchev–Trinajstić information content (AvgIpc) is 3.40. The van der Waals surface area contributed by atoms with E-state index in [2.05, 4.69) is 10.4 Å². The SMILES string of the molecule is COc1cccc(-c2csc(-n3nc(C)cc3NC(=O)c3ccccc3OC)n2)c1. The minimum atomic E-state index is -0.279. The molecule has 30 heavy (non-hydrogen) atoms. The van der Waals surface area contributed by atoms with Crippen molar-refractivity contribution in [3.05, 3.63) is 71.2 Å². The predicted molar refractivity (Wildman–Crippen MR) is 117 cm³/mol. The number of aromatic nitrogens is 3. The van der Waals surface area contributed by atoms with Gasteiger partial charge in [-0.1, -0.05) is 24.3 Å². The lowest BCUT2D eigenvalue weighted by molar-refractivity contribution is 0.102. The predicted octanol–water partition coefficient (Wildman–Crippen LogP) is 4.57. The number of nitrogens with one attached hydrogen (secondary N) is 1. The van der Waals surface area contributed by atoms with Gasteiger partial charge in [0.15, 0.2) is 0 Å². The van der Waals surface area contributed by atoms with E-state index in [4.69, 9.17) is 14.5 Å². The zero-order valence-corrected chi connectivity index (χ0v) is 17.6. The van der Waals surface area contributed by atoms with Crippen molar-refractivity contribution in [1.82, 2.24) is 14.8 Å². The summed E-state index contributed by atoms with van der Waals surface area (Å²) in [6, 6.07) is 16.6. The number of benzene rings is 2. The summed E-state index contributed by atoms with van der Waals surface area (Å²) < 4.78 is 12.2. The van der Waals surface area contributed by atoms with Crippen molar-refractivity contribution in [2.45, 2.75) is 6.92 Å². The summed E-state index contributed by atoms with van der Waals surface area (Å²) in [7, 11) is 3.17. The number of amides is 1. The van der Waals surface area contributed by atoms with Crippen molar-refractivity contribution in [2.75, 3.05) is 19.5 Å². The third-order valence-corrected chi connectivity index (χ3v) is 5.28. The maximum absolute atomic E-state index is 12.8. The van der Waals surface area contributed by atoms with Crippen LogP contribution >= 0.6 is 11.3 Å². The molecule has 0 aliphatic heterocycles. The minimum Gasteiger partial charge on any atom is -0.497 e. The van der Waals surface area contributed by atoms with Crippen LogP contribution in [0.1, 0.15) is 16.1 Å². The van der Waals surface area contributed by atoms with Crippen LogP contribution in [0.5, 0.6) is 11.5 Å². The van der Waals surface area contributed by atoms with Gasteiger partial charge in [0.2, 0.25) is 5.13 Å². The number of rotatable bonds is 6. The van der Waals surface area contributed by atoms with Crippen molar-refractivity contribution < 1.29 is 14.3 Å². The van der Waals surface area contributed by atoms with Gasteiger partial charge in [0, 0.05) is 17.0 Å². The maximum atomic E-state index is 12.8. The zero-order valence-electron chi connectivity index (χ0n) is 16.7. The van der Waals surface area contributed by atoms with Crippen molar-refractivity contribution in [3.63, 3.8) is 0 Å². The maximum Gasteiger partial charge on any atom is 0.260 e. The molecule has 4 aromatic rings. The summed E-state index contributed by atoms with van der Waals surface area (Å²) in [5.41, 5.74) is 2.97. The summed E-state index contributed by atoms with van der Waals surface area (Å²) in [6.45, 7) is 1.87. The third kappa shape index (κ3) is 3.90. The van der Waals surface area contributed by atoms with Gasteiger partial charge >= 0.3 is 0 Å². The molecule has 1 amide bonds. The highest BCUT2D eigenvalue weighted by Gasteiger charge is 2.17. The second-order valence-electron chi connectivity index (χ2n) is 6.48. The summed E-state index contributed by atoms with van der Waals surface area (Å²) in [6.07, 6.45) is 0. The van der Waals surface area contributed by atoms with Gasteiger partial charge in [-0.05, 0) is 31.2 Å². The molecule has 0 spiro atoms. The number of para-hydroxylation sites is 1. The Morgan fingerprint density at radius 3 is 2.70 bits per heavy atom. The largest absolute Gasteiger partial charge is 0.497 e. The van der Waals surface area contributed by atoms with E-state index >= 15 is 0 Å². The molecule has 0 saturated carbocycles. The molecule has 2 aromatic heterocycles. The lowest BCUT2D eigenvalue weighted by Crippen LogP contribution is -2.16. The number of anilines is 1. The molecule has 0 saturated heterocycles. The molecule has 4 rings (SSSR count). The summed E-state index contributed by atoms with van der Waals surface area (Å²) in [4.78, 5) is 17.5. The van der Waals surface area contributed by atoms with Crippen molar-refractivity contribution in [1.29, 1.82) is 0 Å². The summed E-state index contributed by atoms with van der Waals surface area (Å²) in [5.74, 6) is 1.53. The highest BCUT2D eigenvalue weighted by Crippen LogP contribution is 2.29. The molecule has 152 valence electrons. The number of hydrogen-bond donors (Lipinski definition) is 1. The van der Waals surface area contributed by atoms with Gasteiger partial charge in [0.25, 0.3) is 5.91 Å². The topological polar surface area (TPSA) is 78.3 Å². The number of carbonyl (C=O) groups is 1. The average molecular weight is 420 g/mol. The molecular formula is C22H20N4O3S. The first-order chi connectivity index (χ1) is 14.6. The molecule has 0 bridgehead atoms. The van der Waals surface area contributed by atoms with Gasteiger partial charge in [-0.25, -0.2) is 4.98 Å². The first-order valence-corrected chi connectivity index (χ1v) is 10.1. The Morgan fingerprint density at radius 1 is 1.07 bits per heavy atom. The van der Waals surface area contributed by atoms with Gasteiger partial charge in [-0.2, -0.15) is 9.78 Å². The zero-order chi connectivity index (χ0) is 21.1. The first-order valence-electron chi connectivity index (χ1n) is 9.20. The molecule has 2 heterocycles. The Balaban J connectivity index is 1.64. The van der Waals surface area contributed by atoms with Crippen LogP contribution in [-0.4, -0.2) is 34.9 Å². The highest BCUT2D eigenvalue weighted by atomic mass is 32.1. The number of thiazole rings is 1. The number of carbonyl (C=O) groups excluding carboxylic acids is 1. The number of ether oxygens (including phenoxy) is 2. The quantitative estimate of drug-likeness (QED) is 0.494. The molecule has 7 nitrogen and oxygen atoms in total. The second-order valence-corrected chi connectivity index (χ2v) is 7.32. The fraction of sp³-hybridized carbons (Fsp3) is 0.136. The van der Waals surface area contributed by atoms with E-state index in [9.17, 15) is 4.79 Å². The van der Waals surface area contributed by atoms with Gasteiger partial charge in [0.05, 0.1) is 31.2 Å². The number of nitrogens with zero attached hydrogens (tertiary/aromatic N) is 3. The monoisotopic (exact) mass is 420 g/mol. The molecule has 0 atom stereocenters. The van der Waals surface area contributed by atoms with E-state index in [1.165, 1.54) is 18.4 Å². The normalized spacial score (nSPS) is 10.6. The molecule has 2 aromatic carbocycles. The molecular weight excluding hydrogens is 400 g/mol. The minimum absolute atomic E-state index is 0.279. The summed E-state index contributed by atoms with van der Waals surface area (Å²) in [5, 5.41) is 10.0. The van der Waals surface area contributed by atoms with E-state index in [-0.39, 0.29) is 5.91 Å². The number of aryl methyl sites for hydroxylation is 1. The molecule has 1 N–H and O–H groups in total. The van der Waals surface area contributed by atoms with Gasteiger partial charge < -0.3 is 14.8 Å².